The van der Waals surface area contributed by atoms with Gasteiger partial charge < -0.3 is 9.30 Å². The minimum Gasteiger partial charge on any atom is -0.462 e. The van der Waals surface area contributed by atoms with Crippen molar-refractivity contribution in [3.63, 3.8) is 0 Å². The van der Waals surface area contributed by atoms with E-state index in [1.165, 1.54) is 0 Å². The Morgan fingerprint density at radius 1 is 1.04 bits per heavy atom. The fourth-order valence-electron chi connectivity index (χ4n) is 3.22. The normalized spacial score (nSPS) is 10.7. The van der Waals surface area contributed by atoms with E-state index >= 15 is 0 Å². The van der Waals surface area contributed by atoms with Gasteiger partial charge in [-0.1, -0.05) is 43.7 Å². The third kappa shape index (κ3) is 4.03. The zero-order chi connectivity index (χ0) is 20.1. The van der Waals surface area contributed by atoms with Crippen molar-refractivity contribution in [2.24, 2.45) is 0 Å². The quantitative estimate of drug-likeness (QED) is 0.470. The van der Waals surface area contributed by atoms with Crippen LogP contribution in [-0.4, -0.2) is 22.1 Å². The van der Waals surface area contributed by atoms with Gasteiger partial charge >= 0.3 is 5.97 Å². The Labute approximate surface area is 164 Å². The molecule has 0 aliphatic rings. The van der Waals surface area contributed by atoms with Gasteiger partial charge in [0.15, 0.2) is 0 Å². The number of aromatic nitrogens is 2. The lowest BCUT2D eigenvalue weighted by Gasteiger charge is -2.17. The summed E-state index contributed by atoms with van der Waals surface area (Å²) in [5, 5.41) is 0. The fraction of sp³-hybridized carbons (Fsp3) is 0.261. The average molecular weight is 376 g/mol. The molecule has 0 saturated carbocycles. The molecule has 0 unspecified atom stereocenters. The van der Waals surface area contributed by atoms with Crippen LogP contribution < -0.4 is 5.56 Å². The predicted octanol–water partition coefficient (Wildman–Crippen LogP) is 4.47. The second-order valence-corrected chi connectivity index (χ2v) is 6.66. The molecule has 3 aromatic rings. The fourth-order valence-corrected chi connectivity index (χ4v) is 3.22. The molecule has 0 N–H and O–H groups in total. The Balaban J connectivity index is 1.98. The monoisotopic (exact) mass is 376 g/mol. The van der Waals surface area contributed by atoms with Crippen molar-refractivity contribution in [2.75, 3.05) is 6.61 Å². The minimum atomic E-state index is -0.323. The summed E-state index contributed by atoms with van der Waals surface area (Å²) in [7, 11) is 0. The topological polar surface area (TPSA) is 61.2 Å². The molecular formula is C23H24N2O3. The zero-order valence-corrected chi connectivity index (χ0v) is 16.4. The van der Waals surface area contributed by atoms with Crippen LogP contribution in [0, 0.1) is 13.8 Å². The average Bonchev–Trinajstić information content (AvgIpc) is 2.69. The molecule has 2 aromatic carbocycles. The largest absolute Gasteiger partial charge is 0.462 e. The molecule has 1 heterocycles. The first kappa shape index (κ1) is 19.5. The molecule has 0 fully saturated rings. The number of carbonyl (C=O) groups is 1. The Hall–Kier alpha value is -3.21. The molecule has 0 aliphatic heterocycles. The SMILES string of the molecule is CCCCOC(=O)c1ccc(-n2c(C)nc(=O)c(-c3ccccc3)c2C)cc1. The van der Waals surface area contributed by atoms with Gasteiger partial charge in [-0.25, -0.2) is 4.79 Å². The maximum Gasteiger partial charge on any atom is 0.338 e. The van der Waals surface area contributed by atoms with Gasteiger partial charge in [0.05, 0.1) is 17.7 Å². The molecule has 0 aliphatic carbocycles. The van der Waals surface area contributed by atoms with E-state index < -0.39 is 0 Å². The molecular weight excluding hydrogens is 352 g/mol. The first-order valence-corrected chi connectivity index (χ1v) is 9.46. The van der Waals surface area contributed by atoms with E-state index in [-0.39, 0.29) is 11.5 Å². The smallest absolute Gasteiger partial charge is 0.338 e. The highest BCUT2D eigenvalue weighted by Gasteiger charge is 2.15. The number of esters is 1. The molecule has 1 aromatic heterocycles. The van der Waals surface area contributed by atoms with E-state index in [1.807, 2.05) is 54.0 Å². The van der Waals surface area contributed by atoms with Crippen LogP contribution in [0.2, 0.25) is 0 Å². The number of aryl methyl sites for hydroxylation is 1. The number of carbonyl (C=O) groups excluding carboxylic acids is 1. The number of hydrogen-bond donors (Lipinski definition) is 0. The number of rotatable bonds is 6. The van der Waals surface area contributed by atoms with Crippen LogP contribution in [0.3, 0.4) is 0 Å². The Morgan fingerprint density at radius 2 is 1.71 bits per heavy atom. The summed E-state index contributed by atoms with van der Waals surface area (Å²) in [5.74, 6) is 0.275. The number of hydrogen-bond acceptors (Lipinski definition) is 4. The second kappa shape index (κ2) is 8.65. The third-order valence-electron chi connectivity index (χ3n) is 4.65. The van der Waals surface area contributed by atoms with Crippen molar-refractivity contribution < 1.29 is 9.53 Å². The summed E-state index contributed by atoms with van der Waals surface area (Å²) in [6.45, 7) is 6.19. The minimum absolute atomic E-state index is 0.242. The number of ether oxygens (including phenoxy) is 1. The molecule has 0 atom stereocenters. The van der Waals surface area contributed by atoms with Gasteiger partial charge in [0.1, 0.15) is 5.82 Å². The third-order valence-corrected chi connectivity index (χ3v) is 4.65. The van der Waals surface area contributed by atoms with E-state index in [4.69, 9.17) is 4.74 Å². The number of benzene rings is 2. The van der Waals surface area contributed by atoms with Gasteiger partial charge in [0, 0.05) is 11.4 Å². The van der Waals surface area contributed by atoms with Crippen molar-refractivity contribution >= 4 is 5.97 Å². The van der Waals surface area contributed by atoms with Gasteiger partial charge in [-0.05, 0) is 50.1 Å². The molecule has 5 nitrogen and oxygen atoms in total. The highest BCUT2D eigenvalue weighted by Crippen LogP contribution is 2.23. The second-order valence-electron chi connectivity index (χ2n) is 6.66. The van der Waals surface area contributed by atoms with Crippen LogP contribution in [0.25, 0.3) is 16.8 Å². The first-order chi connectivity index (χ1) is 13.5. The number of nitrogens with zero attached hydrogens (tertiary/aromatic N) is 2. The maximum atomic E-state index is 12.5. The van der Waals surface area contributed by atoms with E-state index in [9.17, 15) is 9.59 Å². The van der Waals surface area contributed by atoms with Crippen LogP contribution in [0.1, 0.15) is 41.6 Å². The van der Waals surface area contributed by atoms with Crippen LogP contribution in [0.5, 0.6) is 0 Å². The van der Waals surface area contributed by atoms with Crippen molar-refractivity contribution in [3.05, 3.63) is 82.0 Å². The summed E-state index contributed by atoms with van der Waals surface area (Å²) in [6, 6.07) is 16.7. The summed E-state index contributed by atoms with van der Waals surface area (Å²) in [5.41, 5.74) is 3.32. The highest BCUT2D eigenvalue weighted by molar-refractivity contribution is 5.89. The van der Waals surface area contributed by atoms with Gasteiger partial charge in [-0.3, -0.25) is 4.79 Å². The molecule has 28 heavy (non-hydrogen) atoms. The van der Waals surface area contributed by atoms with Crippen molar-refractivity contribution in [3.8, 4) is 16.8 Å². The van der Waals surface area contributed by atoms with E-state index in [0.717, 1.165) is 29.8 Å². The molecule has 0 amide bonds. The highest BCUT2D eigenvalue weighted by atomic mass is 16.5. The first-order valence-electron chi connectivity index (χ1n) is 9.46. The van der Waals surface area contributed by atoms with Crippen LogP contribution in [0.15, 0.2) is 59.4 Å². The van der Waals surface area contributed by atoms with E-state index in [1.54, 1.807) is 19.1 Å². The van der Waals surface area contributed by atoms with Gasteiger partial charge in [-0.15, -0.1) is 0 Å². The lowest BCUT2D eigenvalue weighted by Crippen LogP contribution is -2.20. The predicted molar refractivity (Wildman–Crippen MR) is 110 cm³/mol. The Bertz CT molecular complexity index is 1020. The Kier molecular flexibility index (Phi) is 6.04. The maximum absolute atomic E-state index is 12.5. The van der Waals surface area contributed by atoms with Crippen LogP contribution in [0.4, 0.5) is 0 Å². The Morgan fingerprint density at radius 3 is 2.36 bits per heavy atom. The lowest BCUT2D eigenvalue weighted by molar-refractivity contribution is 0.0500. The summed E-state index contributed by atoms with van der Waals surface area (Å²) in [6.07, 6.45) is 1.83. The van der Waals surface area contributed by atoms with Gasteiger partial charge in [-0.2, -0.15) is 4.98 Å². The molecule has 0 bridgehead atoms. The zero-order valence-electron chi connectivity index (χ0n) is 16.4. The van der Waals surface area contributed by atoms with Crippen molar-refractivity contribution in [1.29, 1.82) is 0 Å². The van der Waals surface area contributed by atoms with Gasteiger partial charge in [0.2, 0.25) is 0 Å². The van der Waals surface area contributed by atoms with Crippen molar-refractivity contribution in [1.82, 2.24) is 9.55 Å². The molecule has 3 rings (SSSR count). The van der Waals surface area contributed by atoms with Crippen LogP contribution >= 0.6 is 0 Å². The molecule has 144 valence electrons. The van der Waals surface area contributed by atoms with E-state index in [2.05, 4.69) is 11.9 Å². The molecule has 0 saturated heterocycles. The molecule has 5 heteroatoms. The van der Waals surface area contributed by atoms with Gasteiger partial charge in [0.25, 0.3) is 5.56 Å². The van der Waals surface area contributed by atoms with Crippen molar-refractivity contribution in [2.45, 2.75) is 33.6 Å². The molecule has 0 radical (unpaired) electrons. The van der Waals surface area contributed by atoms with E-state index in [0.29, 0.717) is 23.6 Å². The standard InChI is InChI=1S/C23H24N2O3/c1-4-5-15-28-23(27)19-11-13-20(14-12-19)25-16(2)21(22(26)24-17(25)3)18-9-7-6-8-10-18/h6-14H,4-5,15H2,1-3H3. The molecule has 0 spiro atoms. The summed E-state index contributed by atoms with van der Waals surface area (Å²) >= 11 is 0. The number of unbranched alkanes of at least 4 members (excludes halogenated alkanes) is 1. The summed E-state index contributed by atoms with van der Waals surface area (Å²) < 4.78 is 7.18. The van der Waals surface area contributed by atoms with Crippen LogP contribution in [-0.2, 0) is 4.74 Å². The lowest BCUT2D eigenvalue weighted by atomic mass is 10.1. The summed E-state index contributed by atoms with van der Waals surface area (Å²) in [4.78, 5) is 28.8.